The molecule has 2 aromatic carbocycles. The van der Waals surface area contributed by atoms with Crippen LogP contribution in [0.2, 0.25) is 5.02 Å². The maximum atomic E-state index is 13.2. The van der Waals surface area contributed by atoms with Gasteiger partial charge in [-0.2, -0.15) is 0 Å². The van der Waals surface area contributed by atoms with E-state index in [0.717, 1.165) is 6.42 Å². The summed E-state index contributed by atoms with van der Waals surface area (Å²) in [6, 6.07) is 9.19. The molecule has 0 saturated carbocycles. The number of ether oxygens (including phenoxy) is 1. The SMILES string of the molecule is CCCN(CC)C(=O)c1ccc(C#Cc2cc(Cl)ccc2OC(C(=O)O)C(C)(C)C)cc1S(=O)(=O)C(C)C. The number of aliphatic carboxylic acids is 1. The Hall–Kier alpha value is -3.02. The zero-order chi connectivity index (χ0) is 28.8. The molecular formula is C29H36ClNO6S. The lowest BCUT2D eigenvalue weighted by Crippen LogP contribution is -2.39. The second kappa shape index (κ2) is 12.7. The average molecular weight is 562 g/mol. The van der Waals surface area contributed by atoms with E-state index < -0.39 is 32.6 Å². The van der Waals surface area contributed by atoms with Crippen LogP contribution in [0.15, 0.2) is 41.3 Å². The lowest BCUT2D eigenvalue weighted by molar-refractivity contribution is -0.150. The van der Waals surface area contributed by atoms with Gasteiger partial charge in [-0.1, -0.05) is 51.1 Å². The monoisotopic (exact) mass is 561 g/mol. The molecule has 0 saturated heterocycles. The van der Waals surface area contributed by atoms with E-state index in [4.69, 9.17) is 16.3 Å². The molecule has 0 fully saturated rings. The number of sulfone groups is 1. The van der Waals surface area contributed by atoms with Crippen LogP contribution in [0.3, 0.4) is 0 Å². The molecule has 2 rings (SSSR count). The molecule has 1 N–H and O–H groups in total. The molecule has 1 atom stereocenters. The van der Waals surface area contributed by atoms with Crippen molar-refractivity contribution in [2.75, 3.05) is 13.1 Å². The van der Waals surface area contributed by atoms with Gasteiger partial charge in [-0.05, 0) is 63.6 Å². The first-order valence-corrected chi connectivity index (χ1v) is 14.4. The van der Waals surface area contributed by atoms with Crippen molar-refractivity contribution < 1.29 is 27.9 Å². The van der Waals surface area contributed by atoms with E-state index >= 15 is 0 Å². The van der Waals surface area contributed by atoms with Gasteiger partial charge in [-0.3, -0.25) is 4.79 Å². The summed E-state index contributed by atoms with van der Waals surface area (Å²) in [5, 5.41) is 9.30. The fourth-order valence-electron chi connectivity index (χ4n) is 3.68. The van der Waals surface area contributed by atoms with E-state index in [1.54, 1.807) is 63.8 Å². The Morgan fingerprint density at radius 2 is 1.74 bits per heavy atom. The lowest BCUT2D eigenvalue weighted by Gasteiger charge is -2.28. The van der Waals surface area contributed by atoms with Gasteiger partial charge in [0.15, 0.2) is 15.9 Å². The maximum absolute atomic E-state index is 13.2. The third kappa shape index (κ3) is 7.52. The van der Waals surface area contributed by atoms with Gasteiger partial charge in [0, 0.05) is 29.1 Å². The maximum Gasteiger partial charge on any atom is 0.345 e. The van der Waals surface area contributed by atoms with Gasteiger partial charge in [0.2, 0.25) is 0 Å². The molecule has 7 nitrogen and oxygen atoms in total. The Kier molecular flexibility index (Phi) is 10.4. The molecule has 1 unspecified atom stereocenters. The first-order chi connectivity index (χ1) is 17.6. The summed E-state index contributed by atoms with van der Waals surface area (Å²) in [6.07, 6.45) is -0.390. The van der Waals surface area contributed by atoms with Gasteiger partial charge in [-0.15, -0.1) is 0 Å². The summed E-state index contributed by atoms with van der Waals surface area (Å²) in [4.78, 5) is 26.6. The van der Waals surface area contributed by atoms with Crippen LogP contribution in [0.4, 0.5) is 0 Å². The predicted molar refractivity (Wildman–Crippen MR) is 150 cm³/mol. The summed E-state index contributed by atoms with van der Waals surface area (Å²) < 4.78 is 32.3. The molecule has 0 heterocycles. The molecule has 1 amide bonds. The molecular weight excluding hydrogens is 526 g/mol. The molecule has 38 heavy (non-hydrogen) atoms. The van der Waals surface area contributed by atoms with Gasteiger partial charge in [0.1, 0.15) is 5.75 Å². The van der Waals surface area contributed by atoms with Gasteiger partial charge in [-0.25, -0.2) is 13.2 Å². The molecule has 9 heteroatoms. The first kappa shape index (κ1) is 31.2. The second-order valence-corrected chi connectivity index (χ2v) is 13.2. The smallest absolute Gasteiger partial charge is 0.345 e. The highest BCUT2D eigenvalue weighted by atomic mass is 35.5. The minimum absolute atomic E-state index is 0.0694. The van der Waals surface area contributed by atoms with E-state index in [-0.39, 0.29) is 22.1 Å². The van der Waals surface area contributed by atoms with E-state index in [1.165, 1.54) is 12.1 Å². The van der Waals surface area contributed by atoms with E-state index in [1.807, 2.05) is 13.8 Å². The van der Waals surface area contributed by atoms with Crippen LogP contribution in [0, 0.1) is 17.3 Å². The molecule has 206 valence electrons. The Bertz CT molecular complexity index is 1350. The highest BCUT2D eigenvalue weighted by molar-refractivity contribution is 7.92. The molecule has 0 aliphatic rings. The summed E-state index contributed by atoms with van der Waals surface area (Å²) in [5.74, 6) is 4.65. The normalized spacial score (nSPS) is 12.4. The van der Waals surface area contributed by atoms with Crippen molar-refractivity contribution in [3.8, 4) is 17.6 Å². The predicted octanol–water partition coefficient (Wildman–Crippen LogP) is 5.67. The fourth-order valence-corrected chi connectivity index (χ4v) is 5.11. The fraction of sp³-hybridized carbons (Fsp3) is 0.448. The number of carbonyl (C=O) groups excluding carboxylic acids is 1. The topological polar surface area (TPSA) is 101 Å². The molecule has 0 aliphatic carbocycles. The van der Waals surface area contributed by atoms with Crippen molar-refractivity contribution in [3.63, 3.8) is 0 Å². The minimum atomic E-state index is -3.80. The number of carboxylic acid groups (broad SMARTS) is 1. The Morgan fingerprint density at radius 3 is 2.26 bits per heavy atom. The summed E-state index contributed by atoms with van der Waals surface area (Å²) in [5.41, 5.74) is 0.140. The highest BCUT2D eigenvalue weighted by Crippen LogP contribution is 2.29. The molecule has 0 aromatic heterocycles. The quantitative estimate of drug-likeness (QED) is 0.396. The number of rotatable bonds is 9. The third-order valence-corrected chi connectivity index (χ3v) is 8.27. The summed E-state index contributed by atoms with van der Waals surface area (Å²) in [6.45, 7) is 13.2. The largest absolute Gasteiger partial charge is 0.478 e. The molecule has 0 radical (unpaired) electrons. The standard InChI is InChI=1S/C29H36ClNO6S/c1-8-16-31(9-2)27(32)23-14-11-20(17-25(23)38(35,36)19(3)4)10-12-21-18-22(30)13-15-24(21)37-26(28(33)34)29(5,6)7/h11,13-15,17-19,26H,8-9,16H2,1-7H3,(H,33,34). The number of halogens is 1. The number of hydrogen-bond acceptors (Lipinski definition) is 5. The van der Waals surface area contributed by atoms with Gasteiger partial charge in [0.25, 0.3) is 5.91 Å². The number of nitrogens with zero attached hydrogens (tertiary/aromatic N) is 1. The molecule has 0 bridgehead atoms. The van der Waals surface area contributed by atoms with Crippen molar-refractivity contribution in [3.05, 3.63) is 58.1 Å². The molecule has 0 spiro atoms. The van der Waals surface area contributed by atoms with Crippen LogP contribution in [-0.2, 0) is 14.6 Å². The van der Waals surface area contributed by atoms with E-state index in [9.17, 15) is 23.1 Å². The van der Waals surface area contributed by atoms with Gasteiger partial charge >= 0.3 is 5.97 Å². The minimum Gasteiger partial charge on any atom is -0.478 e. The van der Waals surface area contributed by atoms with Crippen molar-refractivity contribution in [2.24, 2.45) is 5.41 Å². The zero-order valence-electron chi connectivity index (χ0n) is 23.0. The van der Waals surface area contributed by atoms with Crippen LogP contribution in [0.5, 0.6) is 5.75 Å². The van der Waals surface area contributed by atoms with Crippen LogP contribution < -0.4 is 4.74 Å². The summed E-state index contributed by atoms with van der Waals surface area (Å²) in [7, 11) is -3.80. The number of hydrogen-bond donors (Lipinski definition) is 1. The summed E-state index contributed by atoms with van der Waals surface area (Å²) >= 11 is 6.17. The van der Waals surface area contributed by atoms with Crippen LogP contribution in [-0.4, -0.2) is 54.7 Å². The Balaban J connectivity index is 2.62. The van der Waals surface area contributed by atoms with Crippen LogP contribution in [0.1, 0.15) is 76.4 Å². The van der Waals surface area contributed by atoms with E-state index in [0.29, 0.717) is 29.2 Å². The van der Waals surface area contributed by atoms with Crippen LogP contribution in [0.25, 0.3) is 0 Å². The third-order valence-electron chi connectivity index (χ3n) is 5.84. The van der Waals surface area contributed by atoms with Crippen molar-refractivity contribution >= 4 is 33.3 Å². The number of carboxylic acids is 1. The van der Waals surface area contributed by atoms with Crippen molar-refractivity contribution in [1.82, 2.24) is 4.90 Å². The molecule has 2 aromatic rings. The molecule has 0 aliphatic heterocycles. The number of benzene rings is 2. The van der Waals surface area contributed by atoms with Gasteiger partial charge < -0.3 is 14.7 Å². The second-order valence-electron chi connectivity index (χ2n) is 10.3. The lowest BCUT2D eigenvalue weighted by atomic mass is 9.89. The van der Waals surface area contributed by atoms with Gasteiger partial charge in [0.05, 0.1) is 21.3 Å². The number of carbonyl (C=O) groups is 2. The van der Waals surface area contributed by atoms with Crippen LogP contribution >= 0.6 is 11.6 Å². The highest BCUT2D eigenvalue weighted by Gasteiger charge is 2.34. The Labute approximate surface area is 231 Å². The first-order valence-electron chi connectivity index (χ1n) is 12.5. The Morgan fingerprint density at radius 1 is 1.08 bits per heavy atom. The van der Waals surface area contributed by atoms with Crippen molar-refractivity contribution in [1.29, 1.82) is 0 Å². The number of amides is 1. The van der Waals surface area contributed by atoms with Crippen molar-refractivity contribution in [2.45, 2.75) is 71.1 Å². The van der Waals surface area contributed by atoms with E-state index in [2.05, 4.69) is 11.8 Å². The zero-order valence-corrected chi connectivity index (χ0v) is 24.5. The average Bonchev–Trinajstić information content (AvgIpc) is 2.83.